The van der Waals surface area contributed by atoms with Crippen molar-refractivity contribution in [2.75, 3.05) is 0 Å². The summed E-state index contributed by atoms with van der Waals surface area (Å²) in [7, 11) is 0. The lowest BCUT2D eigenvalue weighted by Gasteiger charge is -2.59. The van der Waals surface area contributed by atoms with Crippen LogP contribution in [0.4, 0.5) is 0 Å². The van der Waals surface area contributed by atoms with Crippen molar-refractivity contribution < 1.29 is 19.4 Å². The Hall–Kier alpha value is -1.16. The standard InChI is InChI=1S/C20H28O4/c1-19-8-7-16-14(15(19)5-6-17(19)23)4-3-12-9-13(22)10-18(24-11-21)20(12,16)2/h9,11,14-18,23H,3-8,10H2,1-2H3/t14-,15-,16-,17-,18?,19-,20-/m0/s1. The van der Waals surface area contributed by atoms with E-state index < -0.39 is 0 Å². The van der Waals surface area contributed by atoms with E-state index in [9.17, 15) is 14.7 Å². The number of aliphatic hydroxyl groups excluding tert-OH is 1. The summed E-state index contributed by atoms with van der Waals surface area (Å²) in [5, 5.41) is 10.5. The summed E-state index contributed by atoms with van der Waals surface area (Å²) >= 11 is 0. The normalized spacial score (nSPS) is 50.4. The molecule has 0 aromatic carbocycles. The highest BCUT2D eigenvalue weighted by molar-refractivity contribution is 5.92. The average Bonchev–Trinajstić information content (AvgIpc) is 2.84. The second kappa shape index (κ2) is 5.42. The predicted octanol–water partition coefficient (Wildman–Crippen LogP) is 3.03. The third-order valence-corrected chi connectivity index (χ3v) is 8.21. The van der Waals surface area contributed by atoms with Gasteiger partial charge in [0.15, 0.2) is 5.78 Å². The van der Waals surface area contributed by atoms with Crippen molar-refractivity contribution in [3.63, 3.8) is 0 Å². The van der Waals surface area contributed by atoms with Crippen molar-refractivity contribution in [3.8, 4) is 0 Å². The Morgan fingerprint density at radius 2 is 2.00 bits per heavy atom. The summed E-state index contributed by atoms with van der Waals surface area (Å²) in [6.45, 7) is 5.00. The predicted molar refractivity (Wildman–Crippen MR) is 89.0 cm³/mol. The van der Waals surface area contributed by atoms with Crippen LogP contribution in [0.15, 0.2) is 11.6 Å². The fourth-order valence-corrected chi connectivity index (χ4v) is 6.81. The van der Waals surface area contributed by atoms with Gasteiger partial charge in [-0.05, 0) is 67.8 Å². The maximum atomic E-state index is 12.1. The van der Waals surface area contributed by atoms with E-state index in [1.807, 2.05) is 6.08 Å². The minimum Gasteiger partial charge on any atom is -0.463 e. The molecule has 1 unspecified atom stereocenters. The molecule has 0 amide bonds. The first-order chi connectivity index (χ1) is 11.4. The summed E-state index contributed by atoms with van der Waals surface area (Å²) < 4.78 is 5.44. The van der Waals surface area contributed by atoms with Gasteiger partial charge in [0.25, 0.3) is 6.47 Å². The smallest absolute Gasteiger partial charge is 0.293 e. The average molecular weight is 332 g/mol. The summed E-state index contributed by atoms with van der Waals surface area (Å²) in [6.07, 6.45) is 7.76. The number of aliphatic hydroxyl groups is 1. The van der Waals surface area contributed by atoms with Crippen LogP contribution in [0, 0.1) is 28.6 Å². The Labute approximate surface area is 143 Å². The van der Waals surface area contributed by atoms with Gasteiger partial charge in [0.1, 0.15) is 6.10 Å². The van der Waals surface area contributed by atoms with Crippen molar-refractivity contribution in [3.05, 3.63) is 11.6 Å². The van der Waals surface area contributed by atoms with Crippen LogP contribution in [-0.2, 0) is 14.3 Å². The van der Waals surface area contributed by atoms with Crippen molar-refractivity contribution in [1.29, 1.82) is 0 Å². The van der Waals surface area contributed by atoms with Gasteiger partial charge in [0.05, 0.1) is 6.10 Å². The number of fused-ring (bicyclic) bond motifs is 5. The van der Waals surface area contributed by atoms with Crippen LogP contribution in [0.2, 0.25) is 0 Å². The van der Waals surface area contributed by atoms with E-state index in [2.05, 4.69) is 13.8 Å². The maximum absolute atomic E-state index is 12.1. The summed E-state index contributed by atoms with van der Waals surface area (Å²) in [5.41, 5.74) is 1.02. The Bertz CT molecular complexity index is 596. The molecule has 0 saturated heterocycles. The van der Waals surface area contributed by atoms with Gasteiger partial charge < -0.3 is 9.84 Å². The first-order valence-corrected chi connectivity index (χ1v) is 9.42. The Morgan fingerprint density at radius 1 is 1.21 bits per heavy atom. The Morgan fingerprint density at radius 3 is 2.75 bits per heavy atom. The van der Waals surface area contributed by atoms with Crippen LogP contribution in [-0.4, -0.2) is 29.6 Å². The molecule has 1 N–H and O–H groups in total. The van der Waals surface area contributed by atoms with E-state index in [1.165, 1.54) is 5.57 Å². The van der Waals surface area contributed by atoms with E-state index in [0.29, 0.717) is 30.6 Å². The van der Waals surface area contributed by atoms with Crippen LogP contribution in [0.25, 0.3) is 0 Å². The molecule has 0 heterocycles. The van der Waals surface area contributed by atoms with Crippen LogP contribution in [0.3, 0.4) is 0 Å². The molecule has 4 aliphatic rings. The summed E-state index contributed by atoms with van der Waals surface area (Å²) in [5.74, 6) is 1.65. The van der Waals surface area contributed by atoms with Gasteiger partial charge >= 0.3 is 0 Å². The van der Waals surface area contributed by atoms with Gasteiger partial charge in [0, 0.05) is 11.8 Å². The SMILES string of the molecule is C[C@]12CC[C@H]3[C@@H](CCC4=CC(=O)CC(OC=O)[C@@]43C)[C@@H]1CC[C@@H]2O. The van der Waals surface area contributed by atoms with Crippen LogP contribution >= 0.6 is 0 Å². The monoisotopic (exact) mass is 332 g/mol. The molecule has 4 aliphatic carbocycles. The molecule has 0 radical (unpaired) electrons. The van der Waals surface area contributed by atoms with E-state index in [0.717, 1.165) is 38.5 Å². The van der Waals surface area contributed by atoms with Crippen molar-refractivity contribution in [1.82, 2.24) is 0 Å². The van der Waals surface area contributed by atoms with E-state index in [-0.39, 0.29) is 28.8 Å². The molecular formula is C20H28O4. The maximum Gasteiger partial charge on any atom is 0.293 e. The third kappa shape index (κ3) is 2.01. The first kappa shape index (κ1) is 16.3. The zero-order valence-electron chi connectivity index (χ0n) is 14.7. The Balaban J connectivity index is 1.72. The van der Waals surface area contributed by atoms with Gasteiger partial charge in [-0.25, -0.2) is 0 Å². The molecule has 0 spiro atoms. The lowest BCUT2D eigenvalue weighted by molar-refractivity contribution is -0.154. The molecule has 4 rings (SSSR count). The number of rotatable bonds is 2. The number of carbonyl (C=O) groups is 2. The van der Waals surface area contributed by atoms with Crippen molar-refractivity contribution in [2.24, 2.45) is 28.6 Å². The molecule has 4 heteroatoms. The number of hydrogen-bond donors (Lipinski definition) is 1. The zero-order valence-corrected chi connectivity index (χ0v) is 14.7. The van der Waals surface area contributed by atoms with Crippen molar-refractivity contribution >= 4 is 12.3 Å². The summed E-state index contributed by atoms with van der Waals surface area (Å²) in [6, 6.07) is 0. The molecule has 7 atom stereocenters. The van der Waals surface area contributed by atoms with E-state index >= 15 is 0 Å². The van der Waals surface area contributed by atoms with Gasteiger partial charge in [0.2, 0.25) is 0 Å². The lowest BCUT2D eigenvalue weighted by atomic mass is 9.46. The molecule has 0 aromatic heterocycles. The topological polar surface area (TPSA) is 63.6 Å². The fourth-order valence-electron chi connectivity index (χ4n) is 6.81. The molecule has 0 aliphatic heterocycles. The van der Waals surface area contributed by atoms with Crippen molar-refractivity contribution in [2.45, 2.75) is 71.0 Å². The number of ether oxygens (including phenoxy) is 1. The van der Waals surface area contributed by atoms with Gasteiger partial charge in [-0.2, -0.15) is 0 Å². The molecule has 24 heavy (non-hydrogen) atoms. The highest BCUT2D eigenvalue weighted by Gasteiger charge is 2.61. The molecular weight excluding hydrogens is 304 g/mol. The zero-order chi connectivity index (χ0) is 17.1. The molecule has 0 aromatic rings. The van der Waals surface area contributed by atoms with E-state index in [1.54, 1.807) is 0 Å². The molecule has 0 bridgehead atoms. The van der Waals surface area contributed by atoms with Crippen LogP contribution < -0.4 is 0 Å². The highest BCUT2D eigenvalue weighted by atomic mass is 16.5. The summed E-state index contributed by atoms with van der Waals surface area (Å²) in [4.78, 5) is 23.1. The first-order valence-electron chi connectivity index (χ1n) is 9.42. The third-order valence-electron chi connectivity index (χ3n) is 8.21. The molecule has 4 nitrogen and oxygen atoms in total. The fraction of sp³-hybridized carbons (Fsp3) is 0.800. The quantitative estimate of drug-likeness (QED) is 0.790. The molecule has 3 saturated carbocycles. The van der Waals surface area contributed by atoms with Gasteiger partial charge in [-0.3, -0.25) is 9.59 Å². The minimum atomic E-state index is -0.328. The van der Waals surface area contributed by atoms with Crippen LogP contribution in [0.1, 0.15) is 58.8 Å². The number of hydrogen-bond acceptors (Lipinski definition) is 4. The second-order valence-corrected chi connectivity index (χ2v) is 8.90. The molecule has 132 valence electrons. The van der Waals surface area contributed by atoms with E-state index in [4.69, 9.17) is 4.74 Å². The lowest BCUT2D eigenvalue weighted by Crippen LogP contribution is -2.56. The van der Waals surface area contributed by atoms with Gasteiger partial charge in [-0.1, -0.05) is 19.4 Å². The minimum absolute atomic E-state index is 0.0459. The number of ketones is 1. The second-order valence-electron chi connectivity index (χ2n) is 8.90. The molecule has 3 fully saturated rings. The van der Waals surface area contributed by atoms with Crippen LogP contribution in [0.5, 0.6) is 0 Å². The number of carbonyl (C=O) groups excluding carboxylic acids is 2. The highest BCUT2D eigenvalue weighted by Crippen LogP contribution is 2.65. The largest absolute Gasteiger partial charge is 0.463 e. The Kier molecular flexibility index (Phi) is 3.68. The van der Waals surface area contributed by atoms with Gasteiger partial charge in [-0.15, -0.1) is 0 Å².